The van der Waals surface area contributed by atoms with E-state index in [0.29, 0.717) is 12.1 Å². The molecule has 0 aliphatic carbocycles. The summed E-state index contributed by atoms with van der Waals surface area (Å²) < 4.78 is 80.5. The molecule has 0 fully saturated rings. The van der Waals surface area contributed by atoms with E-state index in [1.807, 2.05) is 5.32 Å². The highest BCUT2D eigenvalue weighted by Gasteiger charge is 2.37. The molecule has 1 rings (SSSR count). The average Bonchev–Trinajstić information content (AvgIpc) is 2.36. The van der Waals surface area contributed by atoms with Gasteiger partial charge in [-0.2, -0.15) is 26.3 Å². The minimum atomic E-state index is -4.98. The molecular formula is C12H10F6N2O2S. The number of hydrogen-bond donors (Lipinski definition) is 2. The van der Waals surface area contributed by atoms with Crippen molar-refractivity contribution >= 4 is 29.1 Å². The molecule has 0 atom stereocenters. The third kappa shape index (κ3) is 5.93. The van der Waals surface area contributed by atoms with Gasteiger partial charge >= 0.3 is 18.4 Å². The SMILES string of the molecule is CCOC(=O)NC(=S)Nc1cc(C(F)(F)F)cc(C(F)(F)F)c1. The molecule has 0 saturated heterocycles. The summed E-state index contributed by atoms with van der Waals surface area (Å²) in [6, 6.07) is 0.857. The summed E-state index contributed by atoms with van der Waals surface area (Å²) in [6.45, 7) is 1.51. The van der Waals surface area contributed by atoms with Crippen LogP contribution in [-0.4, -0.2) is 17.8 Å². The molecule has 1 aromatic carbocycles. The van der Waals surface area contributed by atoms with Crippen LogP contribution in [-0.2, 0) is 17.1 Å². The van der Waals surface area contributed by atoms with E-state index >= 15 is 0 Å². The van der Waals surface area contributed by atoms with Crippen molar-refractivity contribution in [3.63, 3.8) is 0 Å². The van der Waals surface area contributed by atoms with E-state index in [2.05, 4.69) is 22.3 Å². The number of benzene rings is 1. The molecule has 0 heterocycles. The van der Waals surface area contributed by atoms with Gasteiger partial charge in [-0.15, -0.1) is 0 Å². The lowest BCUT2D eigenvalue weighted by molar-refractivity contribution is -0.143. The van der Waals surface area contributed by atoms with Crippen LogP contribution in [0, 0.1) is 0 Å². The summed E-state index contributed by atoms with van der Waals surface area (Å²) in [5.74, 6) is 0. The van der Waals surface area contributed by atoms with E-state index in [1.165, 1.54) is 6.92 Å². The highest BCUT2D eigenvalue weighted by atomic mass is 32.1. The first-order valence-corrected chi connectivity index (χ1v) is 6.38. The van der Waals surface area contributed by atoms with Crippen LogP contribution in [0.5, 0.6) is 0 Å². The standard InChI is InChI=1S/C12H10F6N2O2S/c1-2-22-10(21)20-9(23)19-8-4-6(11(13,14)15)3-7(5-8)12(16,17)18/h3-5H,2H2,1H3,(H2,19,20,21,23). The van der Waals surface area contributed by atoms with Gasteiger partial charge in [0.05, 0.1) is 17.7 Å². The second kappa shape index (κ2) is 7.02. The van der Waals surface area contributed by atoms with Gasteiger partial charge in [-0.05, 0) is 37.3 Å². The van der Waals surface area contributed by atoms with E-state index in [4.69, 9.17) is 0 Å². The van der Waals surface area contributed by atoms with E-state index in [9.17, 15) is 31.1 Å². The Balaban J connectivity index is 3.06. The summed E-state index contributed by atoms with van der Waals surface area (Å²) >= 11 is 4.61. The predicted octanol–water partition coefficient (Wildman–Crippen LogP) is 4.17. The normalized spacial score (nSPS) is 11.8. The van der Waals surface area contributed by atoms with Gasteiger partial charge in [-0.1, -0.05) is 0 Å². The number of amides is 1. The Bertz CT molecular complexity index is 568. The zero-order valence-corrected chi connectivity index (χ0v) is 12.2. The number of anilines is 1. The molecule has 0 radical (unpaired) electrons. The van der Waals surface area contributed by atoms with Gasteiger partial charge in [0.25, 0.3) is 0 Å². The van der Waals surface area contributed by atoms with Crippen molar-refractivity contribution in [2.75, 3.05) is 11.9 Å². The number of thiocarbonyl (C=S) groups is 1. The summed E-state index contributed by atoms with van der Waals surface area (Å²) in [5.41, 5.74) is -3.59. The summed E-state index contributed by atoms with van der Waals surface area (Å²) in [6.07, 6.45) is -10.9. The smallest absolute Gasteiger partial charge is 0.416 e. The number of carbonyl (C=O) groups is 1. The maximum absolute atomic E-state index is 12.7. The quantitative estimate of drug-likeness (QED) is 0.614. The Morgan fingerprint density at radius 3 is 1.96 bits per heavy atom. The van der Waals surface area contributed by atoms with Gasteiger partial charge in [0.15, 0.2) is 5.11 Å². The van der Waals surface area contributed by atoms with Crippen LogP contribution in [0.15, 0.2) is 18.2 Å². The molecule has 23 heavy (non-hydrogen) atoms. The Labute approximate surface area is 131 Å². The van der Waals surface area contributed by atoms with Gasteiger partial charge in [0.2, 0.25) is 0 Å². The fraction of sp³-hybridized carbons (Fsp3) is 0.333. The van der Waals surface area contributed by atoms with Crippen molar-refractivity contribution in [1.29, 1.82) is 0 Å². The predicted molar refractivity (Wildman–Crippen MR) is 72.8 cm³/mol. The van der Waals surface area contributed by atoms with Crippen LogP contribution in [0.2, 0.25) is 0 Å². The lowest BCUT2D eigenvalue weighted by Gasteiger charge is -2.15. The maximum atomic E-state index is 12.7. The third-order valence-corrected chi connectivity index (χ3v) is 2.54. The Morgan fingerprint density at radius 2 is 1.57 bits per heavy atom. The topological polar surface area (TPSA) is 50.4 Å². The van der Waals surface area contributed by atoms with Gasteiger partial charge in [-0.25, -0.2) is 4.79 Å². The van der Waals surface area contributed by atoms with Gasteiger partial charge in [-0.3, -0.25) is 5.32 Å². The molecule has 1 aromatic rings. The highest BCUT2D eigenvalue weighted by Crippen LogP contribution is 2.37. The van der Waals surface area contributed by atoms with Crippen molar-refractivity contribution in [2.45, 2.75) is 19.3 Å². The number of alkyl halides is 6. The van der Waals surface area contributed by atoms with E-state index < -0.39 is 40.4 Å². The van der Waals surface area contributed by atoms with Crippen molar-refractivity contribution in [2.24, 2.45) is 0 Å². The number of alkyl carbamates (subject to hydrolysis) is 1. The molecule has 0 unspecified atom stereocenters. The summed E-state index contributed by atoms with van der Waals surface area (Å²) in [4.78, 5) is 11.1. The fourth-order valence-electron chi connectivity index (χ4n) is 1.45. The maximum Gasteiger partial charge on any atom is 0.416 e. The van der Waals surface area contributed by atoms with Gasteiger partial charge in [0.1, 0.15) is 0 Å². The van der Waals surface area contributed by atoms with Crippen LogP contribution in [0.4, 0.5) is 36.8 Å². The van der Waals surface area contributed by atoms with E-state index in [-0.39, 0.29) is 12.7 Å². The molecule has 0 aromatic heterocycles. The molecule has 0 saturated carbocycles. The third-order valence-electron chi connectivity index (χ3n) is 2.34. The minimum Gasteiger partial charge on any atom is -0.450 e. The number of hydrogen-bond acceptors (Lipinski definition) is 3. The zero-order valence-electron chi connectivity index (χ0n) is 11.4. The fourth-order valence-corrected chi connectivity index (χ4v) is 1.65. The van der Waals surface area contributed by atoms with Crippen LogP contribution in [0.3, 0.4) is 0 Å². The molecule has 0 spiro atoms. The number of halogens is 6. The molecule has 0 aliphatic rings. The Kier molecular flexibility index (Phi) is 5.81. The van der Waals surface area contributed by atoms with Crippen molar-refractivity contribution in [1.82, 2.24) is 5.32 Å². The van der Waals surface area contributed by atoms with Crippen LogP contribution in [0.25, 0.3) is 0 Å². The van der Waals surface area contributed by atoms with Crippen molar-refractivity contribution in [3.8, 4) is 0 Å². The van der Waals surface area contributed by atoms with Crippen LogP contribution < -0.4 is 10.6 Å². The Hall–Kier alpha value is -2.04. The molecule has 2 N–H and O–H groups in total. The molecule has 0 bridgehead atoms. The van der Waals surface area contributed by atoms with E-state index in [1.54, 1.807) is 0 Å². The van der Waals surface area contributed by atoms with Gasteiger partial charge < -0.3 is 10.1 Å². The molecule has 1 amide bonds. The highest BCUT2D eigenvalue weighted by molar-refractivity contribution is 7.80. The van der Waals surface area contributed by atoms with E-state index in [0.717, 1.165) is 0 Å². The first-order chi connectivity index (χ1) is 10.4. The Morgan fingerprint density at radius 1 is 1.09 bits per heavy atom. The van der Waals surface area contributed by atoms with Crippen molar-refractivity contribution < 1.29 is 35.9 Å². The average molecular weight is 360 g/mol. The molecule has 4 nitrogen and oxygen atoms in total. The number of ether oxygens (including phenoxy) is 1. The zero-order chi connectivity index (χ0) is 17.8. The number of carbonyl (C=O) groups excluding carboxylic acids is 1. The minimum absolute atomic E-state index is 0.0101. The molecule has 0 aliphatic heterocycles. The lowest BCUT2D eigenvalue weighted by Crippen LogP contribution is -2.34. The van der Waals surface area contributed by atoms with Crippen molar-refractivity contribution in [3.05, 3.63) is 29.3 Å². The molecule has 11 heteroatoms. The second-order valence-electron chi connectivity index (χ2n) is 4.09. The summed E-state index contributed by atoms with van der Waals surface area (Å²) in [5, 5.41) is 3.51. The van der Waals surface area contributed by atoms with Gasteiger partial charge in [0, 0.05) is 5.69 Å². The largest absolute Gasteiger partial charge is 0.450 e. The molecular weight excluding hydrogens is 350 g/mol. The monoisotopic (exact) mass is 360 g/mol. The van der Waals surface area contributed by atoms with Crippen LogP contribution in [0.1, 0.15) is 18.1 Å². The summed E-state index contributed by atoms with van der Waals surface area (Å²) in [7, 11) is 0. The first-order valence-electron chi connectivity index (χ1n) is 5.97. The number of rotatable bonds is 2. The second-order valence-corrected chi connectivity index (χ2v) is 4.50. The molecule has 128 valence electrons. The number of nitrogens with one attached hydrogen (secondary N) is 2. The first kappa shape index (κ1) is 19.0. The lowest BCUT2D eigenvalue weighted by atomic mass is 10.1. The van der Waals surface area contributed by atoms with Crippen LogP contribution >= 0.6 is 12.2 Å².